The van der Waals surface area contributed by atoms with Gasteiger partial charge in [0.15, 0.2) is 5.76 Å². The molecule has 4 heterocycles. The van der Waals surface area contributed by atoms with Gasteiger partial charge in [-0.15, -0.1) is 5.10 Å². The molecular weight excluding hydrogens is 418 g/mol. The standard InChI is InChI=1S/C21H21N5O4S/c1-13-4-2-10-24(12-13)17(14-6-8-15(9-7-14)26(28)29)18-20(27)25-21(31-18)22-19(23-25)16-5-3-11-30-16/h3,5-9,11,13,17,27H,2,4,10,12H2,1H3. The minimum absolute atomic E-state index is 0.0342. The molecule has 0 aliphatic carbocycles. The van der Waals surface area contributed by atoms with E-state index in [-0.39, 0.29) is 17.6 Å². The number of aromatic hydroxyl groups is 1. The number of rotatable bonds is 5. The SMILES string of the molecule is CC1CCCN(C(c2ccc([N+](=O)[O-])cc2)c2sc3nc(-c4ccco4)nn3c2O)C1. The molecule has 1 saturated heterocycles. The summed E-state index contributed by atoms with van der Waals surface area (Å²) < 4.78 is 6.80. The Morgan fingerprint density at radius 1 is 1.32 bits per heavy atom. The van der Waals surface area contributed by atoms with Crippen molar-refractivity contribution in [3.8, 4) is 17.5 Å². The van der Waals surface area contributed by atoms with Gasteiger partial charge in [0.1, 0.15) is 0 Å². The van der Waals surface area contributed by atoms with Gasteiger partial charge in [0.05, 0.1) is 22.1 Å². The van der Waals surface area contributed by atoms with E-state index in [0.717, 1.165) is 36.4 Å². The van der Waals surface area contributed by atoms with E-state index < -0.39 is 4.92 Å². The minimum atomic E-state index is -0.404. The smallest absolute Gasteiger partial charge is 0.269 e. The molecule has 2 unspecified atom stereocenters. The van der Waals surface area contributed by atoms with Crippen LogP contribution in [0.1, 0.15) is 36.2 Å². The third kappa shape index (κ3) is 3.57. The highest BCUT2D eigenvalue weighted by Crippen LogP contribution is 2.42. The van der Waals surface area contributed by atoms with Gasteiger partial charge in [0.25, 0.3) is 5.69 Å². The molecule has 0 bridgehead atoms. The summed E-state index contributed by atoms with van der Waals surface area (Å²) in [4.78, 5) is 18.8. The molecule has 0 spiro atoms. The number of nitro groups is 1. The van der Waals surface area contributed by atoms with Crippen LogP contribution in [-0.2, 0) is 0 Å². The second-order valence-electron chi connectivity index (χ2n) is 7.89. The van der Waals surface area contributed by atoms with Crippen molar-refractivity contribution in [3.63, 3.8) is 0 Å². The number of thiazole rings is 1. The lowest BCUT2D eigenvalue weighted by Crippen LogP contribution is -2.37. The maximum Gasteiger partial charge on any atom is 0.269 e. The zero-order valence-electron chi connectivity index (χ0n) is 16.8. The van der Waals surface area contributed by atoms with E-state index in [4.69, 9.17) is 4.42 Å². The number of furan rings is 1. The molecule has 3 aromatic heterocycles. The molecule has 31 heavy (non-hydrogen) atoms. The predicted molar refractivity (Wildman–Crippen MR) is 115 cm³/mol. The Hall–Kier alpha value is -3.24. The van der Waals surface area contributed by atoms with E-state index in [2.05, 4.69) is 21.9 Å². The largest absolute Gasteiger partial charge is 0.492 e. The van der Waals surface area contributed by atoms with Crippen LogP contribution in [0.2, 0.25) is 0 Å². The second-order valence-corrected chi connectivity index (χ2v) is 8.90. The molecule has 10 heteroatoms. The summed E-state index contributed by atoms with van der Waals surface area (Å²) in [6, 6.07) is 9.86. The highest BCUT2D eigenvalue weighted by Gasteiger charge is 2.32. The lowest BCUT2D eigenvalue weighted by Gasteiger charge is -2.37. The van der Waals surface area contributed by atoms with Crippen molar-refractivity contribution in [1.82, 2.24) is 19.5 Å². The van der Waals surface area contributed by atoms with Crippen LogP contribution < -0.4 is 0 Å². The van der Waals surface area contributed by atoms with Crippen LogP contribution in [0, 0.1) is 16.0 Å². The third-order valence-electron chi connectivity index (χ3n) is 5.66. The molecule has 1 fully saturated rings. The lowest BCUT2D eigenvalue weighted by atomic mass is 9.95. The molecule has 2 atom stereocenters. The molecule has 1 aliphatic heterocycles. The average molecular weight is 439 g/mol. The van der Waals surface area contributed by atoms with Crippen molar-refractivity contribution >= 4 is 22.0 Å². The molecule has 160 valence electrons. The van der Waals surface area contributed by atoms with Crippen molar-refractivity contribution in [3.05, 3.63) is 63.2 Å². The van der Waals surface area contributed by atoms with Gasteiger partial charge in [-0.3, -0.25) is 15.0 Å². The van der Waals surface area contributed by atoms with Crippen LogP contribution in [0.4, 0.5) is 5.69 Å². The van der Waals surface area contributed by atoms with Crippen LogP contribution in [-0.4, -0.2) is 42.6 Å². The maximum atomic E-state index is 11.1. The van der Waals surface area contributed by atoms with E-state index in [1.54, 1.807) is 30.5 Å². The van der Waals surface area contributed by atoms with Crippen LogP contribution in [0.5, 0.6) is 5.88 Å². The Morgan fingerprint density at radius 3 is 2.77 bits per heavy atom. The first-order valence-electron chi connectivity index (χ1n) is 10.1. The first kappa shape index (κ1) is 19.7. The monoisotopic (exact) mass is 439 g/mol. The van der Waals surface area contributed by atoms with Crippen molar-refractivity contribution in [2.24, 2.45) is 5.92 Å². The fourth-order valence-electron chi connectivity index (χ4n) is 4.21. The van der Waals surface area contributed by atoms with Crippen molar-refractivity contribution < 1.29 is 14.4 Å². The van der Waals surface area contributed by atoms with E-state index in [1.807, 2.05) is 0 Å². The minimum Gasteiger partial charge on any atom is -0.492 e. The number of hydrogen-bond donors (Lipinski definition) is 1. The van der Waals surface area contributed by atoms with Gasteiger partial charge >= 0.3 is 0 Å². The van der Waals surface area contributed by atoms with Crippen molar-refractivity contribution in [1.29, 1.82) is 0 Å². The van der Waals surface area contributed by atoms with Gasteiger partial charge in [-0.2, -0.15) is 9.50 Å². The summed E-state index contributed by atoms with van der Waals surface area (Å²) in [6.45, 7) is 3.99. The zero-order valence-corrected chi connectivity index (χ0v) is 17.7. The average Bonchev–Trinajstić information content (AvgIpc) is 3.48. The number of aromatic nitrogens is 3. The number of nitrogens with zero attached hydrogens (tertiary/aromatic N) is 5. The van der Waals surface area contributed by atoms with Gasteiger partial charge in [-0.1, -0.05) is 30.4 Å². The molecule has 0 saturated carbocycles. The van der Waals surface area contributed by atoms with Gasteiger partial charge in [-0.25, -0.2) is 0 Å². The normalized spacial score (nSPS) is 18.4. The van der Waals surface area contributed by atoms with Gasteiger partial charge in [0, 0.05) is 18.7 Å². The van der Waals surface area contributed by atoms with E-state index in [1.165, 1.54) is 28.0 Å². The highest BCUT2D eigenvalue weighted by atomic mass is 32.1. The molecule has 0 radical (unpaired) electrons. The summed E-state index contributed by atoms with van der Waals surface area (Å²) >= 11 is 1.37. The molecule has 1 aromatic carbocycles. The molecular formula is C21H21N5O4S. The second kappa shape index (κ2) is 7.78. The zero-order chi connectivity index (χ0) is 21.5. The number of hydrogen-bond acceptors (Lipinski definition) is 8. The number of fused-ring (bicyclic) bond motifs is 1. The molecule has 5 rings (SSSR count). The van der Waals surface area contributed by atoms with Crippen molar-refractivity contribution in [2.45, 2.75) is 25.8 Å². The fraction of sp³-hybridized carbons (Fsp3) is 0.333. The highest BCUT2D eigenvalue weighted by molar-refractivity contribution is 7.17. The van der Waals surface area contributed by atoms with Crippen LogP contribution in [0.15, 0.2) is 47.1 Å². The predicted octanol–water partition coefficient (Wildman–Crippen LogP) is 4.49. The number of non-ortho nitro benzene ring substituents is 1. The van der Waals surface area contributed by atoms with E-state index in [0.29, 0.717) is 22.5 Å². The lowest BCUT2D eigenvalue weighted by molar-refractivity contribution is -0.384. The Bertz CT molecular complexity index is 1210. The fourth-order valence-corrected chi connectivity index (χ4v) is 5.32. The Morgan fingerprint density at radius 2 is 2.13 bits per heavy atom. The number of benzene rings is 1. The Labute approximate surface area is 181 Å². The number of piperidine rings is 1. The molecule has 1 N–H and O–H groups in total. The summed E-state index contributed by atoms with van der Waals surface area (Å²) in [5.74, 6) is 1.52. The van der Waals surface area contributed by atoms with E-state index in [9.17, 15) is 15.2 Å². The summed E-state index contributed by atoms with van der Waals surface area (Å²) in [5.41, 5.74) is 0.940. The maximum absolute atomic E-state index is 11.1. The van der Waals surface area contributed by atoms with Gasteiger partial charge in [0.2, 0.25) is 16.7 Å². The molecule has 4 aromatic rings. The van der Waals surface area contributed by atoms with Crippen molar-refractivity contribution in [2.75, 3.05) is 13.1 Å². The first-order chi connectivity index (χ1) is 15.0. The van der Waals surface area contributed by atoms with E-state index >= 15 is 0 Å². The van der Waals surface area contributed by atoms with Crippen LogP contribution in [0.3, 0.4) is 0 Å². The van der Waals surface area contributed by atoms with Gasteiger partial charge < -0.3 is 9.52 Å². The van der Waals surface area contributed by atoms with Crippen LogP contribution in [0.25, 0.3) is 16.5 Å². The first-order valence-corrected chi connectivity index (χ1v) is 10.9. The van der Waals surface area contributed by atoms with Gasteiger partial charge in [-0.05, 0) is 43.0 Å². The topological polar surface area (TPSA) is 110 Å². The third-order valence-corrected chi connectivity index (χ3v) is 6.74. The summed E-state index contributed by atoms with van der Waals surface area (Å²) in [5, 5.41) is 26.6. The summed E-state index contributed by atoms with van der Waals surface area (Å²) in [6.07, 6.45) is 3.78. The summed E-state index contributed by atoms with van der Waals surface area (Å²) in [7, 11) is 0. The molecule has 1 aliphatic rings. The quantitative estimate of drug-likeness (QED) is 0.360. The Kier molecular flexibility index (Phi) is 4.95. The number of nitro benzene ring substituents is 1. The Balaban J connectivity index is 1.58. The molecule has 9 nitrogen and oxygen atoms in total. The molecule has 0 amide bonds. The number of likely N-dealkylation sites (tertiary alicyclic amines) is 1. The van der Waals surface area contributed by atoms with Crippen LogP contribution >= 0.6 is 11.3 Å².